The number of anilines is 1. The second kappa shape index (κ2) is 11.5. The predicted molar refractivity (Wildman–Crippen MR) is 152 cm³/mol. The number of benzodiazepines with no additional fused rings is 1. The van der Waals surface area contributed by atoms with Crippen LogP contribution >= 0.6 is 0 Å². The van der Waals surface area contributed by atoms with Crippen LogP contribution in [0.1, 0.15) is 60.8 Å². The van der Waals surface area contributed by atoms with Crippen LogP contribution in [0.2, 0.25) is 0 Å². The number of halogens is 1. The lowest BCUT2D eigenvalue weighted by atomic mass is 9.99. The van der Waals surface area contributed by atoms with Crippen molar-refractivity contribution >= 4 is 29.3 Å². The Morgan fingerprint density at radius 2 is 1.68 bits per heavy atom. The van der Waals surface area contributed by atoms with E-state index in [1.54, 1.807) is 86.5 Å². The quantitative estimate of drug-likeness (QED) is 0.490. The van der Waals surface area contributed by atoms with E-state index in [2.05, 4.69) is 15.3 Å². The topological polar surface area (TPSA) is 104 Å². The lowest BCUT2D eigenvalue weighted by Crippen LogP contribution is -2.48. The highest BCUT2D eigenvalue weighted by Crippen LogP contribution is 2.31. The Bertz CT molecular complexity index is 1510. The van der Waals surface area contributed by atoms with Crippen molar-refractivity contribution < 1.29 is 23.5 Å². The zero-order valence-electron chi connectivity index (χ0n) is 23.3. The third-order valence-corrected chi connectivity index (χ3v) is 6.81. The van der Waals surface area contributed by atoms with Crippen molar-refractivity contribution in [3.63, 3.8) is 0 Å². The molecule has 3 heterocycles. The fourth-order valence-electron chi connectivity index (χ4n) is 4.97. The van der Waals surface area contributed by atoms with Gasteiger partial charge in [-0.1, -0.05) is 30.3 Å². The first-order valence-electron chi connectivity index (χ1n) is 13.6. The van der Waals surface area contributed by atoms with E-state index in [9.17, 15) is 14.4 Å². The lowest BCUT2D eigenvalue weighted by Gasteiger charge is -2.27. The van der Waals surface area contributed by atoms with Crippen LogP contribution in [-0.2, 0) is 16.1 Å². The Balaban J connectivity index is 1.60. The molecule has 2 aliphatic rings. The summed E-state index contributed by atoms with van der Waals surface area (Å²) in [6, 6.07) is 16.5. The van der Waals surface area contributed by atoms with Gasteiger partial charge in [0.1, 0.15) is 11.4 Å². The summed E-state index contributed by atoms with van der Waals surface area (Å²) in [5, 5.41) is 2.56. The molecule has 0 radical (unpaired) electrons. The maximum atomic E-state index is 15.1. The Morgan fingerprint density at radius 3 is 2.39 bits per heavy atom. The highest BCUT2D eigenvalue weighted by atomic mass is 19.1. The molecule has 1 saturated heterocycles. The van der Waals surface area contributed by atoms with Crippen molar-refractivity contribution in [1.29, 1.82) is 0 Å². The van der Waals surface area contributed by atoms with Gasteiger partial charge in [0.05, 0.1) is 29.2 Å². The van der Waals surface area contributed by atoms with Gasteiger partial charge in [-0.3, -0.25) is 19.9 Å². The number of hydrogen-bond acceptors (Lipinski definition) is 6. The largest absolute Gasteiger partial charge is 0.444 e. The van der Waals surface area contributed by atoms with E-state index in [0.29, 0.717) is 35.6 Å². The van der Waals surface area contributed by atoms with Crippen LogP contribution in [0.15, 0.2) is 71.9 Å². The van der Waals surface area contributed by atoms with Crippen LogP contribution in [0.5, 0.6) is 0 Å². The number of amides is 3. The normalized spacial score (nSPS) is 17.0. The minimum Gasteiger partial charge on any atom is -0.444 e. The SMILES string of the molecule is CC(C)(C)OC(=O)NC1N=C(c2ccccc2F)c2ccccc2N(Cc2ncccc2C(=O)N2CCCC2)C1=O. The van der Waals surface area contributed by atoms with Crippen molar-refractivity contribution in [2.45, 2.75) is 51.9 Å². The van der Waals surface area contributed by atoms with Crippen LogP contribution in [0, 0.1) is 5.82 Å². The average molecular weight is 558 g/mol. The van der Waals surface area contributed by atoms with Crippen molar-refractivity contribution in [2.75, 3.05) is 18.0 Å². The summed E-state index contributed by atoms with van der Waals surface area (Å²) >= 11 is 0. The van der Waals surface area contributed by atoms with Gasteiger partial charge >= 0.3 is 6.09 Å². The van der Waals surface area contributed by atoms with Gasteiger partial charge in [0.2, 0.25) is 6.17 Å². The fourth-order valence-corrected chi connectivity index (χ4v) is 4.97. The van der Waals surface area contributed by atoms with Gasteiger partial charge in [-0.05, 0) is 63.9 Å². The summed E-state index contributed by atoms with van der Waals surface area (Å²) in [7, 11) is 0. The van der Waals surface area contributed by atoms with E-state index < -0.39 is 29.6 Å². The van der Waals surface area contributed by atoms with Gasteiger partial charge in [0.25, 0.3) is 11.8 Å². The maximum absolute atomic E-state index is 15.1. The van der Waals surface area contributed by atoms with Crippen molar-refractivity contribution in [2.24, 2.45) is 4.99 Å². The Kier molecular flexibility index (Phi) is 7.83. The number of benzene rings is 2. The molecule has 1 aromatic heterocycles. The summed E-state index contributed by atoms with van der Waals surface area (Å²) in [6.45, 7) is 6.38. The van der Waals surface area contributed by atoms with Crippen LogP contribution in [0.3, 0.4) is 0 Å². The van der Waals surface area contributed by atoms with Gasteiger partial charge in [-0.15, -0.1) is 0 Å². The first kappa shape index (κ1) is 27.9. The molecule has 9 nitrogen and oxygen atoms in total. The molecule has 10 heteroatoms. The summed E-state index contributed by atoms with van der Waals surface area (Å²) in [6.07, 6.45) is 1.16. The number of fused-ring (bicyclic) bond motifs is 1. The van der Waals surface area contributed by atoms with Gasteiger partial charge in [-0.2, -0.15) is 0 Å². The molecule has 1 unspecified atom stereocenters. The first-order valence-corrected chi connectivity index (χ1v) is 13.6. The summed E-state index contributed by atoms with van der Waals surface area (Å²) in [5.41, 5.74) is 1.28. The molecule has 3 amide bonds. The highest BCUT2D eigenvalue weighted by molar-refractivity contribution is 6.20. The molecule has 2 aromatic carbocycles. The second-order valence-corrected chi connectivity index (χ2v) is 10.9. The van der Waals surface area contributed by atoms with Gasteiger partial charge < -0.3 is 14.5 Å². The molecule has 1 N–H and O–H groups in total. The molecular weight excluding hydrogens is 525 g/mol. The predicted octanol–water partition coefficient (Wildman–Crippen LogP) is 4.69. The minimum absolute atomic E-state index is 0.0713. The third kappa shape index (κ3) is 6.11. The number of nitrogens with one attached hydrogen (secondary N) is 1. The Morgan fingerprint density at radius 1 is 1.00 bits per heavy atom. The van der Waals surface area contributed by atoms with Crippen molar-refractivity contribution in [3.05, 3.63) is 95.1 Å². The number of rotatable bonds is 5. The zero-order chi connectivity index (χ0) is 29.1. The highest BCUT2D eigenvalue weighted by Gasteiger charge is 2.35. The number of hydrogen-bond donors (Lipinski definition) is 1. The molecule has 1 atom stereocenters. The van der Waals surface area contributed by atoms with Crippen LogP contribution in [0.25, 0.3) is 0 Å². The van der Waals surface area contributed by atoms with E-state index in [1.807, 2.05) is 0 Å². The number of aromatic nitrogens is 1. The molecule has 212 valence electrons. The molecule has 1 fully saturated rings. The second-order valence-electron chi connectivity index (χ2n) is 10.9. The number of aliphatic imine (C=N–C) groups is 1. The number of carbonyl (C=O) groups is 3. The van der Waals surface area contributed by atoms with Crippen LogP contribution in [0.4, 0.5) is 14.9 Å². The van der Waals surface area contributed by atoms with E-state index in [4.69, 9.17) is 4.74 Å². The minimum atomic E-state index is -1.44. The van der Waals surface area contributed by atoms with Gasteiger partial charge in [0.15, 0.2) is 0 Å². The number of ether oxygens (including phenoxy) is 1. The molecule has 3 aromatic rings. The van der Waals surface area contributed by atoms with Gasteiger partial charge in [0, 0.05) is 30.4 Å². The molecule has 2 aliphatic heterocycles. The van der Waals surface area contributed by atoms with E-state index in [1.165, 1.54) is 11.0 Å². The number of likely N-dealkylation sites (tertiary alicyclic amines) is 1. The van der Waals surface area contributed by atoms with Crippen molar-refractivity contribution in [3.8, 4) is 0 Å². The number of carbonyl (C=O) groups excluding carboxylic acids is 3. The number of nitrogens with zero attached hydrogens (tertiary/aromatic N) is 4. The first-order chi connectivity index (χ1) is 19.6. The fraction of sp³-hybridized carbons (Fsp3) is 0.323. The molecule has 0 aliphatic carbocycles. The smallest absolute Gasteiger partial charge is 0.409 e. The molecule has 0 spiro atoms. The number of alkyl carbamates (subject to hydrolysis) is 1. The van der Waals surface area contributed by atoms with Gasteiger partial charge in [-0.25, -0.2) is 14.2 Å². The summed E-state index contributed by atoms with van der Waals surface area (Å²) in [5.74, 6) is -1.26. The molecule has 41 heavy (non-hydrogen) atoms. The van der Waals surface area contributed by atoms with Crippen molar-refractivity contribution in [1.82, 2.24) is 15.2 Å². The maximum Gasteiger partial charge on any atom is 0.409 e. The Labute approximate surface area is 238 Å². The monoisotopic (exact) mass is 557 g/mol. The molecule has 0 saturated carbocycles. The number of pyridine rings is 1. The van der Waals surface area contributed by atoms with E-state index in [-0.39, 0.29) is 23.7 Å². The lowest BCUT2D eigenvalue weighted by molar-refractivity contribution is -0.120. The summed E-state index contributed by atoms with van der Waals surface area (Å²) in [4.78, 5) is 52.6. The third-order valence-electron chi connectivity index (χ3n) is 6.81. The Hall–Kier alpha value is -4.60. The molecule has 5 rings (SSSR count). The standard InChI is InChI=1S/C31H32FN5O4/c1-31(2,3)41-30(40)35-27-29(39)37(19-24-21(13-10-16-33-24)28(38)36-17-8-9-18-36)25-15-7-5-12-22(25)26(34-27)20-11-4-6-14-23(20)32/h4-7,10-16,27H,8-9,17-19H2,1-3H3,(H,35,40). The van der Waals surface area contributed by atoms with Crippen LogP contribution in [-0.4, -0.2) is 58.4 Å². The summed E-state index contributed by atoms with van der Waals surface area (Å²) < 4.78 is 20.5. The van der Waals surface area contributed by atoms with E-state index in [0.717, 1.165) is 12.8 Å². The number of para-hydroxylation sites is 1. The zero-order valence-corrected chi connectivity index (χ0v) is 23.3. The molecular formula is C31H32FN5O4. The van der Waals surface area contributed by atoms with Crippen LogP contribution < -0.4 is 10.2 Å². The average Bonchev–Trinajstić information content (AvgIpc) is 3.45. The van der Waals surface area contributed by atoms with E-state index >= 15 is 4.39 Å². The molecule has 0 bridgehead atoms.